The molecular weight excluding hydrogens is 306 g/mol. The van der Waals surface area contributed by atoms with E-state index in [4.69, 9.17) is 4.42 Å². The van der Waals surface area contributed by atoms with Crippen molar-refractivity contribution in [1.29, 1.82) is 0 Å². The highest BCUT2D eigenvalue weighted by Gasteiger charge is 2.14. The van der Waals surface area contributed by atoms with E-state index in [-0.39, 0.29) is 12.1 Å². The third-order valence-electron chi connectivity index (χ3n) is 2.63. The van der Waals surface area contributed by atoms with E-state index in [1.807, 2.05) is 5.32 Å². The van der Waals surface area contributed by atoms with Gasteiger partial charge in [-0.1, -0.05) is 0 Å². The van der Waals surface area contributed by atoms with Gasteiger partial charge in [-0.2, -0.15) is 0 Å². The molecule has 0 fully saturated rings. The molecule has 0 bridgehead atoms. The number of imide groups is 1. The molecule has 120 valence electrons. The molecule has 9 nitrogen and oxygen atoms in total. The zero-order chi connectivity index (χ0) is 16.7. The molecule has 0 aliphatic carbocycles. The Balaban J connectivity index is 1.74. The second kappa shape index (κ2) is 7.59. The number of hydrogen-bond acceptors (Lipinski definition) is 6. The normalized spacial score (nSPS) is 9.91. The number of esters is 1. The van der Waals surface area contributed by atoms with E-state index < -0.39 is 30.1 Å². The zero-order valence-electron chi connectivity index (χ0n) is 11.8. The van der Waals surface area contributed by atoms with E-state index in [2.05, 4.69) is 15.0 Å². The first-order valence-electron chi connectivity index (χ1n) is 6.51. The lowest BCUT2D eigenvalue weighted by atomic mass is 10.3. The van der Waals surface area contributed by atoms with Crippen LogP contribution in [0.1, 0.15) is 16.1 Å². The summed E-state index contributed by atoms with van der Waals surface area (Å²) in [4.78, 5) is 48.2. The number of rotatable bonds is 5. The van der Waals surface area contributed by atoms with Crippen molar-refractivity contribution < 1.29 is 23.5 Å². The number of urea groups is 1. The van der Waals surface area contributed by atoms with Gasteiger partial charge in [0.25, 0.3) is 11.5 Å². The molecule has 0 aliphatic heterocycles. The summed E-state index contributed by atoms with van der Waals surface area (Å²) in [5, 5.41) is 4.35. The van der Waals surface area contributed by atoms with Crippen LogP contribution in [0.25, 0.3) is 0 Å². The Bertz CT molecular complexity index is 750. The molecule has 2 aromatic rings. The number of carbonyl (C=O) groups is 3. The fraction of sp³-hybridized carbons (Fsp3) is 0.143. The van der Waals surface area contributed by atoms with Gasteiger partial charge in [-0.15, -0.1) is 0 Å². The number of pyridine rings is 1. The maximum Gasteiger partial charge on any atom is 0.344 e. The Morgan fingerprint density at radius 1 is 1.22 bits per heavy atom. The minimum atomic E-state index is -0.960. The van der Waals surface area contributed by atoms with Crippen molar-refractivity contribution >= 4 is 17.9 Å². The van der Waals surface area contributed by atoms with Crippen molar-refractivity contribution in [2.24, 2.45) is 0 Å². The Labute approximate surface area is 129 Å². The SMILES string of the molecule is O=C(COC(=O)c1ccc[nH]c1=O)NC(=O)NCc1ccco1. The van der Waals surface area contributed by atoms with Crippen LogP contribution in [0.2, 0.25) is 0 Å². The number of amides is 3. The van der Waals surface area contributed by atoms with Gasteiger partial charge in [-0.3, -0.25) is 14.9 Å². The molecule has 0 aliphatic rings. The van der Waals surface area contributed by atoms with Gasteiger partial charge in [0.15, 0.2) is 6.61 Å². The first-order valence-corrected chi connectivity index (χ1v) is 6.51. The molecular formula is C14H13N3O6. The predicted molar refractivity (Wildman–Crippen MR) is 76.4 cm³/mol. The lowest BCUT2D eigenvalue weighted by Crippen LogP contribution is -2.41. The molecule has 0 radical (unpaired) electrons. The summed E-state index contributed by atoms with van der Waals surface area (Å²) in [6.07, 6.45) is 2.81. The van der Waals surface area contributed by atoms with Crippen molar-refractivity contribution in [1.82, 2.24) is 15.6 Å². The number of furan rings is 1. The summed E-state index contributed by atoms with van der Waals surface area (Å²) in [6, 6.07) is 5.25. The molecule has 3 amide bonds. The lowest BCUT2D eigenvalue weighted by Gasteiger charge is -2.06. The van der Waals surface area contributed by atoms with Crippen molar-refractivity contribution in [2.45, 2.75) is 6.54 Å². The number of hydrogen-bond donors (Lipinski definition) is 3. The van der Waals surface area contributed by atoms with E-state index in [1.165, 1.54) is 24.6 Å². The number of aromatic nitrogens is 1. The molecule has 9 heteroatoms. The number of aromatic amines is 1. The van der Waals surface area contributed by atoms with Crippen molar-refractivity contribution in [3.8, 4) is 0 Å². The number of carbonyl (C=O) groups excluding carboxylic acids is 3. The first kappa shape index (κ1) is 16.0. The Hall–Kier alpha value is -3.36. The molecule has 3 N–H and O–H groups in total. The Kier molecular flexibility index (Phi) is 5.29. The van der Waals surface area contributed by atoms with Crippen LogP contribution in [0.4, 0.5) is 4.79 Å². The minimum absolute atomic E-state index is 0.102. The van der Waals surface area contributed by atoms with Crippen LogP contribution in [0.5, 0.6) is 0 Å². The largest absolute Gasteiger partial charge is 0.467 e. The van der Waals surface area contributed by atoms with Gasteiger partial charge < -0.3 is 19.5 Å². The van der Waals surface area contributed by atoms with Crippen LogP contribution < -0.4 is 16.2 Å². The topological polar surface area (TPSA) is 130 Å². The lowest BCUT2D eigenvalue weighted by molar-refractivity contribution is -0.123. The summed E-state index contributed by atoms with van der Waals surface area (Å²) in [6.45, 7) is -0.591. The van der Waals surface area contributed by atoms with Crippen molar-refractivity contribution in [3.63, 3.8) is 0 Å². The standard InChI is InChI=1S/C14H13N3O6/c18-11(17-14(21)16-7-9-3-2-6-22-9)8-23-13(20)10-4-1-5-15-12(10)19/h1-6H,7-8H2,(H,15,19)(H2,16,17,18,21). The van der Waals surface area contributed by atoms with Crippen LogP contribution in [-0.4, -0.2) is 29.5 Å². The van der Waals surface area contributed by atoms with Crippen LogP contribution >= 0.6 is 0 Å². The van der Waals surface area contributed by atoms with Gasteiger partial charge in [0.1, 0.15) is 11.3 Å². The number of nitrogens with one attached hydrogen (secondary N) is 3. The van der Waals surface area contributed by atoms with Gasteiger partial charge in [0, 0.05) is 6.20 Å². The maximum atomic E-state index is 11.6. The fourth-order valence-corrected chi connectivity index (χ4v) is 1.58. The smallest absolute Gasteiger partial charge is 0.344 e. The van der Waals surface area contributed by atoms with Crippen molar-refractivity contribution in [3.05, 3.63) is 58.4 Å². The van der Waals surface area contributed by atoms with E-state index in [0.29, 0.717) is 5.76 Å². The van der Waals surface area contributed by atoms with E-state index in [0.717, 1.165) is 0 Å². The average Bonchev–Trinajstić information content (AvgIpc) is 3.04. The quantitative estimate of drug-likeness (QED) is 0.672. The van der Waals surface area contributed by atoms with Gasteiger partial charge >= 0.3 is 12.0 Å². The second-order valence-electron chi connectivity index (χ2n) is 4.30. The monoisotopic (exact) mass is 319 g/mol. The summed E-state index contributed by atoms with van der Waals surface area (Å²) in [5.41, 5.74) is -0.864. The van der Waals surface area contributed by atoms with E-state index in [9.17, 15) is 19.2 Å². The van der Waals surface area contributed by atoms with Gasteiger partial charge in [-0.25, -0.2) is 9.59 Å². The summed E-state index contributed by atoms with van der Waals surface area (Å²) in [5.74, 6) is -1.28. The molecule has 0 saturated carbocycles. The third kappa shape index (κ3) is 4.84. The van der Waals surface area contributed by atoms with Crippen LogP contribution in [-0.2, 0) is 16.1 Å². The fourth-order valence-electron chi connectivity index (χ4n) is 1.58. The molecule has 2 rings (SSSR count). The van der Waals surface area contributed by atoms with E-state index >= 15 is 0 Å². The highest BCUT2D eigenvalue weighted by atomic mass is 16.5. The summed E-state index contributed by atoms with van der Waals surface area (Å²) < 4.78 is 9.65. The van der Waals surface area contributed by atoms with Crippen LogP contribution in [0.3, 0.4) is 0 Å². The van der Waals surface area contributed by atoms with Crippen LogP contribution in [0.15, 0.2) is 45.9 Å². The van der Waals surface area contributed by atoms with Gasteiger partial charge in [-0.05, 0) is 24.3 Å². The maximum absolute atomic E-state index is 11.6. The Morgan fingerprint density at radius 3 is 2.74 bits per heavy atom. The second-order valence-corrected chi connectivity index (χ2v) is 4.30. The first-order chi connectivity index (χ1) is 11.1. The zero-order valence-corrected chi connectivity index (χ0v) is 11.8. The highest BCUT2D eigenvalue weighted by Crippen LogP contribution is 1.98. The third-order valence-corrected chi connectivity index (χ3v) is 2.63. The molecule has 0 atom stereocenters. The molecule has 0 aromatic carbocycles. The summed E-state index contributed by atoms with van der Waals surface area (Å²) in [7, 11) is 0. The number of ether oxygens (including phenoxy) is 1. The summed E-state index contributed by atoms with van der Waals surface area (Å²) >= 11 is 0. The predicted octanol–water partition coefficient (Wildman–Crippen LogP) is 0.151. The molecule has 0 spiro atoms. The molecule has 0 saturated heterocycles. The van der Waals surface area contributed by atoms with E-state index in [1.54, 1.807) is 12.1 Å². The number of H-pyrrole nitrogens is 1. The van der Waals surface area contributed by atoms with Crippen molar-refractivity contribution in [2.75, 3.05) is 6.61 Å². The molecule has 0 unspecified atom stereocenters. The average molecular weight is 319 g/mol. The van der Waals surface area contributed by atoms with Gasteiger partial charge in [0.2, 0.25) is 0 Å². The highest BCUT2D eigenvalue weighted by molar-refractivity contribution is 5.96. The molecule has 2 heterocycles. The molecule has 23 heavy (non-hydrogen) atoms. The Morgan fingerprint density at radius 2 is 2.04 bits per heavy atom. The molecule has 2 aromatic heterocycles. The minimum Gasteiger partial charge on any atom is -0.467 e. The van der Waals surface area contributed by atoms with Gasteiger partial charge in [0.05, 0.1) is 12.8 Å². The van der Waals surface area contributed by atoms with Crippen LogP contribution in [0, 0.1) is 0 Å².